The van der Waals surface area contributed by atoms with Gasteiger partial charge in [0.1, 0.15) is 6.04 Å². The van der Waals surface area contributed by atoms with Gasteiger partial charge in [0.05, 0.1) is 25.7 Å². The van der Waals surface area contributed by atoms with Crippen LogP contribution in [0, 0.1) is 10.1 Å². The largest absolute Gasteiger partial charge is 0.493 e. The highest BCUT2D eigenvalue weighted by Crippen LogP contribution is 2.28. The molecule has 0 bridgehead atoms. The predicted octanol–water partition coefficient (Wildman–Crippen LogP) is 3.30. The zero-order valence-electron chi connectivity index (χ0n) is 16.5. The number of methoxy groups -OCH3 is 2. The Morgan fingerprint density at radius 2 is 1.69 bits per heavy atom. The third-order valence-corrected chi connectivity index (χ3v) is 4.16. The average Bonchev–Trinajstić information content (AvgIpc) is 2.71. The van der Waals surface area contributed by atoms with Gasteiger partial charge in [0.25, 0.3) is 5.69 Å². The smallest absolute Gasteiger partial charge is 0.323 e. The molecule has 1 atom stereocenters. The highest BCUT2D eigenvalue weighted by Gasteiger charge is 2.21. The van der Waals surface area contributed by atoms with E-state index >= 15 is 0 Å². The summed E-state index contributed by atoms with van der Waals surface area (Å²) in [7, 11) is 3.11. The number of halogens is 1. The molecule has 0 spiro atoms. The molecule has 2 aromatic carbocycles. The van der Waals surface area contributed by atoms with E-state index in [1.165, 1.54) is 12.1 Å². The highest BCUT2D eigenvalue weighted by molar-refractivity contribution is 5.85. The first-order valence-electron chi connectivity index (χ1n) is 8.82. The minimum Gasteiger partial charge on any atom is -0.493 e. The molecule has 0 fully saturated rings. The molecule has 0 aliphatic rings. The Morgan fingerprint density at radius 1 is 1.07 bits per heavy atom. The number of carbonyl (C=O) groups is 1. The number of benzene rings is 2. The number of carbonyl (C=O) groups excluding carboxylic acids is 1. The van der Waals surface area contributed by atoms with Crippen molar-refractivity contribution in [2.75, 3.05) is 20.8 Å². The summed E-state index contributed by atoms with van der Waals surface area (Å²) in [6, 6.07) is 11.1. The maximum atomic E-state index is 12.4. The summed E-state index contributed by atoms with van der Waals surface area (Å²) in [4.78, 5) is 22.7. The van der Waals surface area contributed by atoms with Crippen molar-refractivity contribution in [2.24, 2.45) is 0 Å². The summed E-state index contributed by atoms with van der Waals surface area (Å²) in [5, 5.41) is 13.9. The first-order valence-corrected chi connectivity index (χ1v) is 8.82. The van der Waals surface area contributed by atoms with Crippen LogP contribution in [0.5, 0.6) is 11.5 Å². The van der Waals surface area contributed by atoms with Crippen molar-refractivity contribution in [2.45, 2.75) is 25.9 Å². The van der Waals surface area contributed by atoms with Gasteiger partial charge in [-0.25, -0.2) is 0 Å². The second-order valence-corrected chi connectivity index (χ2v) is 6.00. The van der Waals surface area contributed by atoms with Gasteiger partial charge in [0.15, 0.2) is 11.5 Å². The first kappa shape index (κ1) is 24.2. The third-order valence-electron chi connectivity index (χ3n) is 4.16. The van der Waals surface area contributed by atoms with E-state index in [9.17, 15) is 14.9 Å². The molecule has 0 aromatic heterocycles. The zero-order chi connectivity index (χ0) is 20.5. The van der Waals surface area contributed by atoms with Gasteiger partial charge in [-0.15, -0.1) is 12.4 Å². The van der Waals surface area contributed by atoms with E-state index in [-0.39, 0.29) is 30.7 Å². The maximum Gasteiger partial charge on any atom is 0.323 e. The molecule has 0 aliphatic carbocycles. The summed E-state index contributed by atoms with van der Waals surface area (Å²) >= 11 is 0. The first-order chi connectivity index (χ1) is 13.5. The van der Waals surface area contributed by atoms with Crippen LogP contribution in [0.1, 0.15) is 18.1 Å². The minimum atomic E-state index is -0.576. The van der Waals surface area contributed by atoms with Gasteiger partial charge in [0, 0.05) is 18.7 Å². The van der Waals surface area contributed by atoms with Gasteiger partial charge in [-0.1, -0.05) is 18.2 Å². The Bertz CT molecular complexity index is 813. The summed E-state index contributed by atoms with van der Waals surface area (Å²) in [6.45, 7) is 2.40. The van der Waals surface area contributed by atoms with Crippen LogP contribution in [0.15, 0.2) is 42.5 Å². The van der Waals surface area contributed by atoms with Crippen LogP contribution in [0.25, 0.3) is 0 Å². The topological polar surface area (TPSA) is 99.9 Å². The van der Waals surface area contributed by atoms with Crippen LogP contribution >= 0.6 is 12.4 Å². The van der Waals surface area contributed by atoms with Gasteiger partial charge in [-0.05, 0) is 36.6 Å². The monoisotopic (exact) mass is 424 g/mol. The van der Waals surface area contributed by atoms with Gasteiger partial charge < -0.3 is 19.5 Å². The number of hydrogen-bond acceptors (Lipinski definition) is 7. The van der Waals surface area contributed by atoms with Crippen molar-refractivity contribution in [3.63, 3.8) is 0 Å². The molecular formula is C20H25ClN2O6. The molecule has 0 radical (unpaired) electrons. The van der Waals surface area contributed by atoms with Crippen molar-refractivity contribution < 1.29 is 23.9 Å². The zero-order valence-corrected chi connectivity index (χ0v) is 17.4. The van der Waals surface area contributed by atoms with Gasteiger partial charge in [-0.3, -0.25) is 14.9 Å². The quantitative estimate of drug-likeness (QED) is 0.355. The Morgan fingerprint density at radius 3 is 2.24 bits per heavy atom. The fraction of sp³-hybridized carbons (Fsp3) is 0.350. The van der Waals surface area contributed by atoms with E-state index in [1.807, 2.05) is 12.1 Å². The lowest BCUT2D eigenvalue weighted by Crippen LogP contribution is -2.39. The highest BCUT2D eigenvalue weighted by atomic mass is 35.5. The number of nitro groups is 1. The molecule has 29 heavy (non-hydrogen) atoms. The lowest BCUT2D eigenvalue weighted by Gasteiger charge is -2.18. The fourth-order valence-corrected chi connectivity index (χ4v) is 2.70. The molecule has 2 aromatic rings. The molecule has 9 heteroatoms. The van der Waals surface area contributed by atoms with Crippen LogP contribution < -0.4 is 14.8 Å². The normalized spacial score (nSPS) is 11.1. The molecule has 0 amide bonds. The van der Waals surface area contributed by atoms with Crippen LogP contribution in [0.2, 0.25) is 0 Å². The predicted molar refractivity (Wildman–Crippen MR) is 111 cm³/mol. The van der Waals surface area contributed by atoms with E-state index in [0.717, 1.165) is 11.1 Å². The van der Waals surface area contributed by atoms with Crippen LogP contribution in [0.4, 0.5) is 5.69 Å². The molecule has 1 N–H and O–H groups in total. The van der Waals surface area contributed by atoms with Crippen molar-refractivity contribution in [1.29, 1.82) is 0 Å². The summed E-state index contributed by atoms with van der Waals surface area (Å²) in [5.41, 5.74) is 1.73. The summed E-state index contributed by atoms with van der Waals surface area (Å²) < 4.78 is 15.7. The second kappa shape index (κ2) is 11.9. The van der Waals surface area contributed by atoms with Crippen molar-refractivity contribution in [3.05, 3.63) is 63.7 Å². The molecular weight excluding hydrogens is 400 g/mol. The minimum absolute atomic E-state index is 0. The van der Waals surface area contributed by atoms with Crippen molar-refractivity contribution in [1.82, 2.24) is 5.32 Å². The number of nitro benzene ring substituents is 1. The van der Waals surface area contributed by atoms with Gasteiger partial charge in [-0.2, -0.15) is 0 Å². The number of nitrogens with one attached hydrogen (secondary N) is 1. The molecule has 8 nitrogen and oxygen atoms in total. The number of ether oxygens (including phenoxy) is 3. The third kappa shape index (κ3) is 6.92. The Balaban J connectivity index is 0.00000420. The summed E-state index contributed by atoms with van der Waals surface area (Å²) in [6.07, 6.45) is 0.395. The Labute approximate surface area is 175 Å². The Kier molecular flexibility index (Phi) is 9.91. The maximum absolute atomic E-state index is 12.4. The number of hydrogen-bond donors (Lipinski definition) is 1. The van der Waals surface area contributed by atoms with E-state index in [0.29, 0.717) is 24.5 Å². The fourth-order valence-electron chi connectivity index (χ4n) is 2.70. The number of non-ortho nitro benzene ring substituents is 1. The molecule has 0 heterocycles. The second-order valence-electron chi connectivity index (χ2n) is 6.00. The summed E-state index contributed by atoms with van der Waals surface area (Å²) in [5.74, 6) is 0.829. The van der Waals surface area contributed by atoms with E-state index < -0.39 is 11.0 Å². The SMILES string of the molecule is CCOC(=O)[C@H](Cc1ccc(OC)c(OC)c1)NCc1ccc([N+](=O)[O-])cc1.Cl. The number of rotatable bonds is 10. The van der Waals surface area contributed by atoms with Gasteiger partial charge >= 0.3 is 5.97 Å². The standard InChI is InChI=1S/C20H24N2O6.ClH/c1-4-28-20(23)17(11-15-7-10-18(26-2)19(12-15)27-3)21-13-14-5-8-16(9-6-14)22(24)25;/h5-10,12,17,21H,4,11,13H2,1-3H3;1H/t17-;/m0./s1. The lowest BCUT2D eigenvalue weighted by molar-refractivity contribution is -0.384. The van der Waals surface area contributed by atoms with E-state index in [1.54, 1.807) is 39.3 Å². The van der Waals surface area contributed by atoms with Crippen LogP contribution in [0.3, 0.4) is 0 Å². The van der Waals surface area contributed by atoms with Crippen LogP contribution in [-0.2, 0) is 22.5 Å². The van der Waals surface area contributed by atoms with Crippen molar-refractivity contribution in [3.8, 4) is 11.5 Å². The number of nitrogens with zero attached hydrogens (tertiary/aromatic N) is 1. The average molecular weight is 425 g/mol. The number of esters is 1. The molecule has 0 saturated carbocycles. The van der Waals surface area contributed by atoms with Gasteiger partial charge in [0.2, 0.25) is 0 Å². The molecule has 0 aliphatic heterocycles. The van der Waals surface area contributed by atoms with E-state index in [2.05, 4.69) is 5.32 Å². The molecule has 2 rings (SSSR count). The van der Waals surface area contributed by atoms with E-state index in [4.69, 9.17) is 14.2 Å². The van der Waals surface area contributed by atoms with Crippen LogP contribution in [-0.4, -0.2) is 37.8 Å². The molecule has 0 saturated heterocycles. The molecule has 158 valence electrons. The van der Waals surface area contributed by atoms with Crippen molar-refractivity contribution >= 4 is 24.1 Å². The molecule has 0 unspecified atom stereocenters. The lowest BCUT2D eigenvalue weighted by atomic mass is 10.0. The Hall–Kier alpha value is -2.84.